The lowest BCUT2D eigenvalue weighted by Gasteiger charge is -2.09. The van der Waals surface area contributed by atoms with Crippen LogP contribution in [0.3, 0.4) is 0 Å². The molecular weight excluding hydrogens is 228 g/mol. The number of benzene rings is 1. The number of esters is 1. The zero-order valence-corrected chi connectivity index (χ0v) is 9.71. The standard InChI is InChI=1S/C15H12O3/c1-2-11-7-8-14(13(9-11)10-16)18-15(17)12-5-3-4-6-12/h2-10,12H,1H2. The lowest BCUT2D eigenvalue weighted by atomic mass is 10.1. The zero-order chi connectivity index (χ0) is 13.0. The quantitative estimate of drug-likeness (QED) is 0.461. The summed E-state index contributed by atoms with van der Waals surface area (Å²) in [7, 11) is 0. The Balaban J connectivity index is 2.20. The van der Waals surface area contributed by atoms with E-state index < -0.39 is 5.97 Å². The summed E-state index contributed by atoms with van der Waals surface area (Å²) in [5, 5.41) is 0. The molecule has 0 radical (unpaired) electrons. The molecule has 1 aromatic rings. The van der Waals surface area contributed by atoms with Crippen molar-refractivity contribution in [2.75, 3.05) is 0 Å². The fourth-order valence-corrected chi connectivity index (χ4v) is 1.64. The van der Waals surface area contributed by atoms with Gasteiger partial charge in [-0.25, -0.2) is 0 Å². The van der Waals surface area contributed by atoms with Crippen molar-refractivity contribution in [3.05, 3.63) is 60.2 Å². The maximum Gasteiger partial charge on any atom is 0.322 e. The first-order chi connectivity index (χ1) is 8.74. The van der Waals surface area contributed by atoms with Crippen LogP contribution in [0.25, 0.3) is 6.08 Å². The van der Waals surface area contributed by atoms with Gasteiger partial charge >= 0.3 is 5.97 Å². The van der Waals surface area contributed by atoms with E-state index in [1.807, 2.05) is 0 Å². The average Bonchev–Trinajstić information content (AvgIpc) is 2.93. The number of ether oxygens (including phenoxy) is 1. The normalized spacial score (nSPS) is 13.6. The number of allylic oxidation sites excluding steroid dienone is 2. The Labute approximate surface area is 105 Å². The minimum atomic E-state index is -0.394. The van der Waals surface area contributed by atoms with Gasteiger partial charge in [0.05, 0.1) is 11.5 Å². The van der Waals surface area contributed by atoms with Crippen LogP contribution in [-0.4, -0.2) is 12.3 Å². The smallest absolute Gasteiger partial charge is 0.322 e. The predicted molar refractivity (Wildman–Crippen MR) is 69.3 cm³/mol. The van der Waals surface area contributed by atoms with Crippen LogP contribution in [0.15, 0.2) is 49.1 Å². The second kappa shape index (κ2) is 5.27. The summed E-state index contributed by atoms with van der Waals surface area (Å²) in [6.45, 7) is 3.62. The Bertz CT molecular complexity index is 541. The molecule has 0 bridgehead atoms. The Hall–Kier alpha value is -2.42. The molecule has 0 atom stereocenters. The van der Waals surface area contributed by atoms with E-state index in [0.717, 1.165) is 5.56 Å². The SMILES string of the molecule is C=Cc1ccc(OC(=O)C2C=CC=C2)c(C=O)c1. The van der Waals surface area contributed by atoms with E-state index in [1.165, 1.54) is 0 Å². The summed E-state index contributed by atoms with van der Waals surface area (Å²) < 4.78 is 5.21. The van der Waals surface area contributed by atoms with Crippen LogP contribution in [-0.2, 0) is 4.79 Å². The number of carbonyl (C=O) groups is 2. The highest BCUT2D eigenvalue weighted by atomic mass is 16.5. The van der Waals surface area contributed by atoms with Gasteiger partial charge in [0.1, 0.15) is 5.75 Å². The number of aldehydes is 1. The van der Waals surface area contributed by atoms with E-state index in [1.54, 1.807) is 48.6 Å². The minimum Gasteiger partial charge on any atom is -0.425 e. The summed E-state index contributed by atoms with van der Waals surface area (Å²) in [5.74, 6) is -0.493. The molecule has 1 aromatic carbocycles. The Morgan fingerprint density at radius 2 is 2.00 bits per heavy atom. The van der Waals surface area contributed by atoms with Crippen molar-refractivity contribution in [3.8, 4) is 5.75 Å². The second-order valence-corrected chi connectivity index (χ2v) is 3.84. The van der Waals surface area contributed by atoms with Gasteiger partial charge in [-0.1, -0.05) is 43.0 Å². The van der Waals surface area contributed by atoms with Gasteiger partial charge in [-0.15, -0.1) is 0 Å². The fourth-order valence-electron chi connectivity index (χ4n) is 1.64. The summed E-state index contributed by atoms with van der Waals surface area (Å²) >= 11 is 0. The first kappa shape index (κ1) is 12.0. The highest BCUT2D eigenvalue weighted by Gasteiger charge is 2.18. The van der Waals surface area contributed by atoms with Crippen LogP contribution in [0.4, 0.5) is 0 Å². The predicted octanol–water partition coefficient (Wildman–Crippen LogP) is 2.79. The molecule has 0 N–H and O–H groups in total. The van der Waals surface area contributed by atoms with Crippen LogP contribution in [0.1, 0.15) is 15.9 Å². The van der Waals surface area contributed by atoms with Crippen molar-refractivity contribution in [1.29, 1.82) is 0 Å². The molecule has 0 saturated heterocycles. The molecule has 0 amide bonds. The minimum absolute atomic E-state index is 0.273. The maximum atomic E-state index is 11.8. The summed E-state index contributed by atoms with van der Waals surface area (Å²) in [5.41, 5.74) is 1.14. The van der Waals surface area contributed by atoms with Crippen LogP contribution in [0, 0.1) is 5.92 Å². The molecule has 2 rings (SSSR count). The Kier molecular flexibility index (Phi) is 3.53. The molecular formula is C15H12O3. The molecule has 0 unspecified atom stereocenters. The number of rotatable bonds is 4. The molecule has 0 spiro atoms. The third-order valence-corrected chi connectivity index (χ3v) is 2.63. The third-order valence-electron chi connectivity index (χ3n) is 2.63. The summed E-state index contributed by atoms with van der Waals surface area (Å²) in [6.07, 6.45) is 9.33. The van der Waals surface area contributed by atoms with E-state index in [2.05, 4.69) is 6.58 Å². The Morgan fingerprint density at radius 1 is 1.28 bits per heavy atom. The lowest BCUT2D eigenvalue weighted by Crippen LogP contribution is -2.16. The van der Waals surface area contributed by atoms with Crippen molar-refractivity contribution >= 4 is 18.3 Å². The van der Waals surface area contributed by atoms with Crippen LogP contribution in [0.2, 0.25) is 0 Å². The topological polar surface area (TPSA) is 43.4 Å². The summed E-state index contributed by atoms with van der Waals surface area (Å²) in [6, 6.07) is 4.97. The highest BCUT2D eigenvalue weighted by molar-refractivity contribution is 5.85. The molecule has 1 aliphatic rings. The fraction of sp³-hybridized carbons (Fsp3) is 0.0667. The average molecular weight is 240 g/mol. The molecule has 0 heterocycles. The van der Waals surface area contributed by atoms with Gasteiger partial charge in [-0.3, -0.25) is 9.59 Å². The van der Waals surface area contributed by atoms with Gasteiger partial charge in [0, 0.05) is 0 Å². The van der Waals surface area contributed by atoms with E-state index in [0.29, 0.717) is 11.8 Å². The molecule has 18 heavy (non-hydrogen) atoms. The van der Waals surface area contributed by atoms with Crippen molar-refractivity contribution < 1.29 is 14.3 Å². The Morgan fingerprint density at radius 3 is 2.61 bits per heavy atom. The monoisotopic (exact) mass is 240 g/mol. The molecule has 90 valence electrons. The molecule has 0 fully saturated rings. The highest BCUT2D eigenvalue weighted by Crippen LogP contribution is 2.21. The first-order valence-corrected chi connectivity index (χ1v) is 5.53. The van der Waals surface area contributed by atoms with Crippen molar-refractivity contribution in [2.24, 2.45) is 5.92 Å². The lowest BCUT2D eigenvalue weighted by molar-refractivity contribution is -0.135. The number of hydrogen-bond acceptors (Lipinski definition) is 3. The van der Waals surface area contributed by atoms with Gasteiger partial charge in [-0.2, -0.15) is 0 Å². The zero-order valence-electron chi connectivity index (χ0n) is 9.71. The molecule has 0 saturated carbocycles. The van der Waals surface area contributed by atoms with Crippen molar-refractivity contribution in [1.82, 2.24) is 0 Å². The van der Waals surface area contributed by atoms with E-state index in [-0.39, 0.29) is 11.7 Å². The number of carbonyl (C=O) groups excluding carboxylic acids is 2. The molecule has 1 aliphatic carbocycles. The third kappa shape index (κ3) is 2.46. The van der Waals surface area contributed by atoms with Gasteiger partial charge in [0.2, 0.25) is 0 Å². The first-order valence-electron chi connectivity index (χ1n) is 5.53. The molecule has 3 nitrogen and oxygen atoms in total. The second-order valence-electron chi connectivity index (χ2n) is 3.84. The van der Waals surface area contributed by atoms with Crippen LogP contribution in [0.5, 0.6) is 5.75 Å². The summed E-state index contributed by atoms with van der Waals surface area (Å²) in [4.78, 5) is 22.7. The van der Waals surface area contributed by atoms with Gasteiger partial charge in [0.25, 0.3) is 0 Å². The van der Waals surface area contributed by atoms with Crippen LogP contribution < -0.4 is 4.74 Å². The number of hydrogen-bond donors (Lipinski definition) is 0. The van der Waals surface area contributed by atoms with Gasteiger partial charge in [-0.05, 0) is 17.7 Å². The van der Waals surface area contributed by atoms with E-state index in [4.69, 9.17) is 4.74 Å². The van der Waals surface area contributed by atoms with Crippen molar-refractivity contribution in [3.63, 3.8) is 0 Å². The molecule has 3 heteroatoms. The van der Waals surface area contributed by atoms with Crippen molar-refractivity contribution in [2.45, 2.75) is 0 Å². The molecule has 0 aromatic heterocycles. The molecule has 0 aliphatic heterocycles. The largest absolute Gasteiger partial charge is 0.425 e. The van der Waals surface area contributed by atoms with E-state index in [9.17, 15) is 9.59 Å². The van der Waals surface area contributed by atoms with Gasteiger partial charge < -0.3 is 4.74 Å². The van der Waals surface area contributed by atoms with E-state index >= 15 is 0 Å². The maximum absolute atomic E-state index is 11.8. The van der Waals surface area contributed by atoms with Gasteiger partial charge in [0.15, 0.2) is 6.29 Å². The van der Waals surface area contributed by atoms with Crippen LogP contribution >= 0.6 is 0 Å².